The van der Waals surface area contributed by atoms with Gasteiger partial charge in [0.25, 0.3) is 22.1 Å². The summed E-state index contributed by atoms with van der Waals surface area (Å²) in [6.07, 6.45) is 1.21. The van der Waals surface area contributed by atoms with Gasteiger partial charge in [0.05, 0.1) is 0 Å². The fourth-order valence-corrected chi connectivity index (χ4v) is 1.91. The van der Waals surface area contributed by atoms with Crippen molar-refractivity contribution in [2.45, 2.75) is 0 Å². The van der Waals surface area contributed by atoms with Crippen molar-refractivity contribution in [1.29, 1.82) is 0 Å². The van der Waals surface area contributed by atoms with Gasteiger partial charge in [0.1, 0.15) is 11.3 Å². The fraction of sp³-hybridized carbons (Fsp3) is 0. The molecule has 0 unspecified atom stereocenters. The molecule has 1 aromatic rings. The number of nitrogens with one attached hydrogen (secondary N) is 2. The minimum atomic E-state index is -2.71. The van der Waals surface area contributed by atoms with E-state index in [9.17, 15) is 18.0 Å². The molecule has 2 heterocycles. The Morgan fingerprint density at radius 3 is 2.22 bits per heavy atom. The highest BCUT2D eigenvalue weighted by Gasteiger charge is 2.27. The first-order chi connectivity index (χ1) is 8.47. The van der Waals surface area contributed by atoms with Crippen LogP contribution in [0.5, 0.6) is 0 Å². The van der Waals surface area contributed by atoms with Crippen LogP contribution in [0.15, 0.2) is 26.8 Å². The minimum Gasteiger partial charge on any atom is -0.450 e. The highest BCUT2D eigenvalue weighted by molar-refractivity contribution is 9.10. The van der Waals surface area contributed by atoms with E-state index in [0.717, 1.165) is 0 Å². The van der Waals surface area contributed by atoms with Gasteiger partial charge in [-0.3, -0.25) is 20.2 Å². The van der Waals surface area contributed by atoms with Crippen LogP contribution in [0.4, 0.5) is 0 Å². The Morgan fingerprint density at radius 1 is 1.17 bits per heavy atom. The molecule has 9 heteroatoms. The number of halogens is 1. The average molecular weight is 333 g/mol. The maximum atomic E-state index is 11.5. The van der Waals surface area contributed by atoms with Crippen molar-refractivity contribution in [2.75, 3.05) is 0 Å². The van der Waals surface area contributed by atoms with Crippen molar-refractivity contribution in [3.05, 3.63) is 28.1 Å². The molecule has 1 fully saturated rings. The van der Waals surface area contributed by atoms with E-state index in [2.05, 4.69) is 15.9 Å². The number of carbonyl (C=O) groups excluding carboxylic acids is 2. The standard InChI is InChI=1S/C9H5BrN2O5S/c10-6-2-1-4(17-6)3-5-7(13)11-9(18(15)16)12-8(5)14/h1-3H,(H,11,13)(H,12,14). The van der Waals surface area contributed by atoms with Crippen molar-refractivity contribution >= 4 is 49.2 Å². The number of hydrogen-bond donors (Lipinski definition) is 2. The summed E-state index contributed by atoms with van der Waals surface area (Å²) in [7, 11) is -2.71. The van der Waals surface area contributed by atoms with Crippen molar-refractivity contribution in [3.63, 3.8) is 0 Å². The van der Waals surface area contributed by atoms with Crippen LogP contribution in [0, 0.1) is 0 Å². The Kier molecular flexibility index (Phi) is 3.34. The van der Waals surface area contributed by atoms with E-state index < -0.39 is 27.2 Å². The third-order valence-corrected chi connectivity index (χ3v) is 2.95. The summed E-state index contributed by atoms with van der Waals surface area (Å²) in [5.74, 6) is -1.34. The molecule has 1 saturated heterocycles. The summed E-state index contributed by atoms with van der Waals surface area (Å²) in [5, 5.41) is 3.50. The Hall–Kier alpha value is -1.87. The second-order valence-corrected chi connectivity index (χ2v) is 4.83. The summed E-state index contributed by atoms with van der Waals surface area (Å²) in [6, 6.07) is 3.14. The molecule has 0 aromatic carbocycles. The van der Waals surface area contributed by atoms with Crippen molar-refractivity contribution in [3.8, 4) is 0 Å². The summed E-state index contributed by atoms with van der Waals surface area (Å²) < 4.78 is 26.8. The summed E-state index contributed by atoms with van der Waals surface area (Å²) >= 11 is 3.07. The molecule has 2 N–H and O–H groups in total. The van der Waals surface area contributed by atoms with E-state index in [-0.39, 0.29) is 11.3 Å². The van der Waals surface area contributed by atoms with Crippen LogP contribution >= 0.6 is 15.9 Å². The van der Waals surface area contributed by atoms with Crippen LogP contribution in [0.25, 0.3) is 6.08 Å². The normalized spacial score (nSPS) is 15.2. The van der Waals surface area contributed by atoms with Crippen LogP contribution in [-0.4, -0.2) is 25.3 Å². The smallest absolute Gasteiger partial charge is 0.263 e. The van der Waals surface area contributed by atoms with Crippen LogP contribution in [0.3, 0.4) is 0 Å². The molecule has 0 bridgehead atoms. The molecule has 0 aliphatic carbocycles. The number of hydrogen-bond acceptors (Lipinski definition) is 5. The molecule has 0 atom stereocenters. The van der Waals surface area contributed by atoms with Gasteiger partial charge in [0, 0.05) is 0 Å². The molecule has 2 rings (SSSR count). The second-order valence-electron chi connectivity index (χ2n) is 3.17. The molecule has 1 aromatic heterocycles. The molecule has 0 radical (unpaired) electrons. The number of carbonyl (C=O) groups is 2. The Bertz CT molecular complexity index is 670. The summed E-state index contributed by atoms with van der Waals surface area (Å²) in [5.41, 5.74) is -0.244. The van der Waals surface area contributed by atoms with E-state index in [0.29, 0.717) is 4.67 Å². The minimum absolute atomic E-state index is 0.244. The first-order valence-electron chi connectivity index (χ1n) is 4.53. The molecule has 2 amide bonds. The molecule has 94 valence electrons. The van der Waals surface area contributed by atoms with Crippen LogP contribution in [-0.2, 0) is 19.9 Å². The third-order valence-electron chi connectivity index (χ3n) is 1.99. The average Bonchev–Trinajstić information content (AvgIpc) is 2.69. The summed E-state index contributed by atoms with van der Waals surface area (Å²) in [4.78, 5) is 23.1. The zero-order valence-electron chi connectivity index (χ0n) is 8.56. The molecular formula is C9H5BrN2O5S. The zero-order chi connectivity index (χ0) is 13.3. The Labute approximate surface area is 111 Å². The lowest BCUT2D eigenvalue weighted by molar-refractivity contribution is -0.123. The maximum absolute atomic E-state index is 11.5. The molecule has 18 heavy (non-hydrogen) atoms. The lowest BCUT2D eigenvalue weighted by Crippen LogP contribution is -2.52. The van der Waals surface area contributed by atoms with Gasteiger partial charge in [0.15, 0.2) is 4.67 Å². The van der Waals surface area contributed by atoms with E-state index in [4.69, 9.17) is 4.42 Å². The first-order valence-corrected chi connectivity index (χ1v) is 6.40. The van der Waals surface area contributed by atoms with Gasteiger partial charge in [0.2, 0.25) is 5.11 Å². The zero-order valence-corrected chi connectivity index (χ0v) is 11.0. The fourth-order valence-electron chi connectivity index (χ4n) is 1.24. The predicted molar refractivity (Wildman–Crippen MR) is 64.6 cm³/mol. The van der Waals surface area contributed by atoms with E-state index in [1.54, 1.807) is 12.1 Å². The molecule has 0 spiro atoms. The molecule has 7 nitrogen and oxygen atoms in total. The van der Waals surface area contributed by atoms with Crippen LogP contribution < -0.4 is 10.6 Å². The second kappa shape index (κ2) is 4.78. The Balaban J connectivity index is 2.37. The first kappa shape index (κ1) is 12.6. The molecule has 1 aliphatic heterocycles. The quantitative estimate of drug-likeness (QED) is 0.415. The van der Waals surface area contributed by atoms with E-state index in [1.165, 1.54) is 6.08 Å². The highest BCUT2D eigenvalue weighted by Crippen LogP contribution is 2.17. The SMILES string of the molecule is O=C1NC(=S(=O)=O)NC(=O)C1=Cc1ccc(Br)o1. The van der Waals surface area contributed by atoms with Crippen molar-refractivity contribution < 1.29 is 22.4 Å². The number of amides is 2. The topological polar surface area (TPSA) is 105 Å². The number of rotatable bonds is 1. The maximum Gasteiger partial charge on any atom is 0.263 e. The van der Waals surface area contributed by atoms with Gasteiger partial charge in [-0.2, -0.15) is 8.42 Å². The number of furan rings is 1. The van der Waals surface area contributed by atoms with Gasteiger partial charge >= 0.3 is 0 Å². The Morgan fingerprint density at radius 2 is 1.78 bits per heavy atom. The van der Waals surface area contributed by atoms with Crippen molar-refractivity contribution in [2.24, 2.45) is 0 Å². The van der Waals surface area contributed by atoms with Gasteiger partial charge in [-0.25, -0.2) is 0 Å². The monoisotopic (exact) mass is 332 g/mol. The summed E-state index contributed by atoms with van der Waals surface area (Å²) in [6.45, 7) is 0. The van der Waals surface area contributed by atoms with Gasteiger partial charge < -0.3 is 4.42 Å². The largest absolute Gasteiger partial charge is 0.450 e. The lowest BCUT2D eigenvalue weighted by atomic mass is 10.1. The highest BCUT2D eigenvalue weighted by atomic mass is 79.9. The van der Waals surface area contributed by atoms with Crippen molar-refractivity contribution in [1.82, 2.24) is 10.6 Å². The van der Waals surface area contributed by atoms with E-state index >= 15 is 0 Å². The molecule has 0 saturated carbocycles. The van der Waals surface area contributed by atoms with E-state index in [1.807, 2.05) is 10.6 Å². The van der Waals surface area contributed by atoms with Gasteiger partial charge in [-0.15, -0.1) is 0 Å². The molecule has 1 aliphatic rings. The van der Waals surface area contributed by atoms with Crippen LogP contribution in [0.1, 0.15) is 5.76 Å². The predicted octanol–water partition coefficient (Wildman–Crippen LogP) is -0.362. The van der Waals surface area contributed by atoms with Gasteiger partial charge in [-0.1, -0.05) is 0 Å². The van der Waals surface area contributed by atoms with Crippen LogP contribution in [0.2, 0.25) is 0 Å². The molecular weight excluding hydrogens is 328 g/mol. The van der Waals surface area contributed by atoms with Gasteiger partial charge in [-0.05, 0) is 34.1 Å². The third kappa shape index (κ3) is 2.51. The lowest BCUT2D eigenvalue weighted by Gasteiger charge is -2.15.